The van der Waals surface area contributed by atoms with Crippen molar-refractivity contribution < 1.29 is 17.9 Å². The highest BCUT2D eigenvalue weighted by molar-refractivity contribution is 14.0. The Bertz CT molecular complexity index is 569. The molecular weight excluding hydrogens is 448 g/mol. The third kappa shape index (κ3) is 7.66. The summed E-state index contributed by atoms with van der Waals surface area (Å²) in [6.45, 7) is 3.23. The van der Waals surface area contributed by atoms with Gasteiger partial charge in [-0.25, -0.2) is 4.98 Å². The standard InChI is InChI=1S/C16H23F3N4O.HI/c1-12-4-3-7-23(10-12)15(20-2)22-9-13-5-6-21-14(8-13)24-11-16(17,18)19;/h5-6,8,12H,3-4,7,9-11H2,1-2H3,(H,20,22);1H. The van der Waals surface area contributed by atoms with Crippen LogP contribution in [-0.4, -0.2) is 48.8 Å². The zero-order valence-corrected chi connectivity index (χ0v) is 16.7. The molecule has 1 saturated heterocycles. The number of nitrogens with zero attached hydrogens (tertiary/aromatic N) is 3. The van der Waals surface area contributed by atoms with E-state index in [-0.39, 0.29) is 29.9 Å². The van der Waals surface area contributed by atoms with Crippen LogP contribution in [-0.2, 0) is 6.54 Å². The molecule has 0 radical (unpaired) electrons. The highest BCUT2D eigenvalue weighted by atomic mass is 127. The number of ether oxygens (including phenoxy) is 1. The largest absolute Gasteiger partial charge is 0.468 e. The van der Waals surface area contributed by atoms with Gasteiger partial charge in [-0.15, -0.1) is 24.0 Å². The third-order valence-corrected chi connectivity index (χ3v) is 3.80. The average Bonchev–Trinajstić information content (AvgIpc) is 2.53. The Morgan fingerprint density at radius 1 is 1.48 bits per heavy atom. The van der Waals surface area contributed by atoms with E-state index in [4.69, 9.17) is 0 Å². The molecule has 0 bridgehead atoms. The maximum Gasteiger partial charge on any atom is 0.422 e. The molecule has 2 heterocycles. The van der Waals surface area contributed by atoms with Crippen molar-refractivity contribution in [1.82, 2.24) is 15.2 Å². The second kappa shape index (κ2) is 10.0. The minimum atomic E-state index is -4.37. The number of piperidine rings is 1. The number of nitrogens with one attached hydrogen (secondary N) is 1. The van der Waals surface area contributed by atoms with Crippen molar-refractivity contribution in [2.45, 2.75) is 32.5 Å². The van der Waals surface area contributed by atoms with E-state index in [0.717, 1.165) is 31.0 Å². The minimum absolute atomic E-state index is 0. The monoisotopic (exact) mass is 472 g/mol. The highest BCUT2D eigenvalue weighted by Crippen LogP contribution is 2.18. The molecule has 9 heteroatoms. The van der Waals surface area contributed by atoms with Crippen molar-refractivity contribution in [2.75, 3.05) is 26.7 Å². The molecule has 25 heavy (non-hydrogen) atoms. The van der Waals surface area contributed by atoms with E-state index >= 15 is 0 Å². The summed E-state index contributed by atoms with van der Waals surface area (Å²) in [7, 11) is 1.73. The van der Waals surface area contributed by atoms with Gasteiger partial charge in [-0.1, -0.05) is 6.92 Å². The number of aliphatic imine (C=N–C) groups is 1. The van der Waals surface area contributed by atoms with E-state index in [1.165, 1.54) is 18.7 Å². The van der Waals surface area contributed by atoms with E-state index in [0.29, 0.717) is 12.5 Å². The molecule has 0 aliphatic carbocycles. The van der Waals surface area contributed by atoms with Gasteiger partial charge in [-0.05, 0) is 30.4 Å². The summed E-state index contributed by atoms with van der Waals surface area (Å²) >= 11 is 0. The fourth-order valence-corrected chi connectivity index (χ4v) is 2.69. The number of rotatable bonds is 4. The van der Waals surface area contributed by atoms with Gasteiger partial charge in [0.05, 0.1) is 0 Å². The van der Waals surface area contributed by atoms with E-state index in [9.17, 15) is 13.2 Å². The van der Waals surface area contributed by atoms with Crippen LogP contribution in [0, 0.1) is 5.92 Å². The zero-order chi connectivity index (χ0) is 17.6. The molecule has 1 aliphatic heterocycles. The Labute approximate surface area is 163 Å². The maximum absolute atomic E-state index is 12.2. The van der Waals surface area contributed by atoms with Crippen molar-refractivity contribution >= 4 is 29.9 Å². The summed E-state index contributed by atoms with van der Waals surface area (Å²) in [5.41, 5.74) is 0.786. The van der Waals surface area contributed by atoms with Crippen molar-refractivity contribution in [2.24, 2.45) is 10.9 Å². The molecule has 1 aromatic rings. The molecule has 142 valence electrons. The number of halogens is 4. The van der Waals surface area contributed by atoms with E-state index in [2.05, 4.69) is 31.9 Å². The Kier molecular flexibility index (Phi) is 8.74. The first-order chi connectivity index (χ1) is 11.4. The third-order valence-electron chi connectivity index (χ3n) is 3.80. The molecule has 0 spiro atoms. The van der Waals surface area contributed by atoms with E-state index in [1.807, 2.05) is 0 Å². The van der Waals surface area contributed by atoms with Crippen molar-refractivity contribution in [3.63, 3.8) is 0 Å². The Morgan fingerprint density at radius 3 is 2.88 bits per heavy atom. The molecule has 1 unspecified atom stereocenters. The molecule has 1 atom stereocenters. The predicted octanol–water partition coefficient (Wildman–Crippen LogP) is 3.45. The SMILES string of the molecule is CN=C(NCc1ccnc(OCC(F)(F)F)c1)N1CCCC(C)C1.I. The Morgan fingerprint density at radius 2 is 2.24 bits per heavy atom. The van der Waals surface area contributed by atoms with Gasteiger partial charge in [0.15, 0.2) is 12.6 Å². The normalized spacial score (nSPS) is 18.5. The molecule has 1 fully saturated rings. The van der Waals surface area contributed by atoms with Crippen molar-refractivity contribution in [3.05, 3.63) is 23.9 Å². The quantitative estimate of drug-likeness (QED) is 0.415. The number of aromatic nitrogens is 1. The van der Waals surface area contributed by atoms with Gasteiger partial charge in [-0.2, -0.15) is 13.2 Å². The fraction of sp³-hybridized carbons (Fsp3) is 0.625. The smallest absolute Gasteiger partial charge is 0.422 e. The number of alkyl halides is 3. The zero-order valence-electron chi connectivity index (χ0n) is 14.3. The molecule has 1 N–H and O–H groups in total. The van der Waals surface area contributed by atoms with Gasteiger partial charge in [0, 0.05) is 38.9 Å². The molecule has 1 aromatic heterocycles. The fourth-order valence-electron chi connectivity index (χ4n) is 2.69. The minimum Gasteiger partial charge on any atom is -0.468 e. The average molecular weight is 472 g/mol. The predicted molar refractivity (Wildman–Crippen MR) is 101 cm³/mol. The lowest BCUT2D eigenvalue weighted by Crippen LogP contribution is -2.45. The highest BCUT2D eigenvalue weighted by Gasteiger charge is 2.28. The summed E-state index contributed by atoms with van der Waals surface area (Å²) in [6.07, 6.45) is -0.582. The lowest BCUT2D eigenvalue weighted by molar-refractivity contribution is -0.154. The van der Waals surface area contributed by atoms with Crippen LogP contribution >= 0.6 is 24.0 Å². The first-order valence-electron chi connectivity index (χ1n) is 7.97. The molecule has 0 saturated carbocycles. The lowest BCUT2D eigenvalue weighted by atomic mass is 10.0. The van der Waals surface area contributed by atoms with Gasteiger partial charge in [0.2, 0.25) is 5.88 Å². The summed E-state index contributed by atoms with van der Waals surface area (Å²) in [6, 6.07) is 3.24. The van der Waals surface area contributed by atoms with Crippen LogP contribution in [0.4, 0.5) is 13.2 Å². The molecule has 0 amide bonds. The molecule has 1 aliphatic rings. The lowest BCUT2D eigenvalue weighted by Gasteiger charge is -2.33. The van der Waals surface area contributed by atoms with Gasteiger partial charge >= 0.3 is 6.18 Å². The summed E-state index contributed by atoms with van der Waals surface area (Å²) in [5.74, 6) is 1.39. The first-order valence-corrected chi connectivity index (χ1v) is 7.97. The van der Waals surface area contributed by atoms with Crippen LogP contribution in [0.1, 0.15) is 25.3 Å². The van der Waals surface area contributed by atoms with Crippen LogP contribution in [0.15, 0.2) is 23.3 Å². The summed E-state index contributed by atoms with van der Waals surface area (Å²) in [4.78, 5) is 10.3. The second-order valence-corrected chi connectivity index (χ2v) is 6.00. The molecule has 5 nitrogen and oxygen atoms in total. The van der Waals surface area contributed by atoms with Gasteiger partial charge in [0.25, 0.3) is 0 Å². The number of likely N-dealkylation sites (tertiary alicyclic amines) is 1. The van der Waals surface area contributed by atoms with Crippen LogP contribution in [0.25, 0.3) is 0 Å². The topological polar surface area (TPSA) is 49.8 Å². The van der Waals surface area contributed by atoms with Crippen LogP contribution in [0.3, 0.4) is 0 Å². The van der Waals surface area contributed by atoms with Crippen LogP contribution in [0.5, 0.6) is 5.88 Å². The molecule has 0 aromatic carbocycles. The summed E-state index contributed by atoms with van der Waals surface area (Å²) in [5, 5.41) is 3.25. The van der Waals surface area contributed by atoms with Crippen LogP contribution < -0.4 is 10.1 Å². The number of hydrogen-bond donors (Lipinski definition) is 1. The van der Waals surface area contributed by atoms with E-state index in [1.54, 1.807) is 13.1 Å². The van der Waals surface area contributed by atoms with Crippen LogP contribution in [0.2, 0.25) is 0 Å². The maximum atomic E-state index is 12.2. The second-order valence-electron chi connectivity index (χ2n) is 6.00. The number of guanidine groups is 1. The Balaban J connectivity index is 0.00000312. The number of hydrogen-bond acceptors (Lipinski definition) is 3. The van der Waals surface area contributed by atoms with Gasteiger partial charge in [0.1, 0.15) is 0 Å². The first kappa shape index (κ1) is 21.8. The van der Waals surface area contributed by atoms with Gasteiger partial charge in [-0.3, -0.25) is 4.99 Å². The number of pyridine rings is 1. The Hall–Kier alpha value is -1.26. The van der Waals surface area contributed by atoms with E-state index < -0.39 is 12.8 Å². The van der Waals surface area contributed by atoms with Crippen molar-refractivity contribution in [1.29, 1.82) is 0 Å². The van der Waals surface area contributed by atoms with Crippen molar-refractivity contribution in [3.8, 4) is 5.88 Å². The molecular formula is C16H24F3IN4O. The van der Waals surface area contributed by atoms with Gasteiger partial charge < -0.3 is 15.0 Å². The molecule has 2 rings (SSSR count). The summed E-state index contributed by atoms with van der Waals surface area (Å²) < 4.78 is 41.2.